The van der Waals surface area contributed by atoms with Crippen molar-refractivity contribution in [2.24, 2.45) is 0 Å². The number of hydrogen-bond donors (Lipinski definition) is 1. The summed E-state index contributed by atoms with van der Waals surface area (Å²) in [5.74, 6) is -0.887. The maximum atomic E-state index is 11.8. The first kappa shape index (κ1) is 13.0. The molecule has 1 heterocycles. The minimum atomic E-state index is -0.887. The molecule has 0 amide bonds. The van der Waals surface area contributed by atoms with Gasteiger partial charge in [0.05, 0.1) is 19.3 Å². The molecule has 1 aromatic heterocycles. The minimum Gasteiger partial charge on any atom is -0.481 e. The molecule has 0 saturated heterocycles. The third-order valence-corrected chi connectivity index (χ3v) is 2.82. The number of carbonyl (C=O) groups is 1. The Hall–Kier alpha value is -2.43. The molecule has 5 nitrogen and oxygen atoms in total. The van der Waals surface area contributed by atoms with Crippen molar-refractivity contribution in [1.82, 2.24) is 9.55 Å². The van der Waals surface area contributed by atoms with Crippen LogP contribution in [0.2, 0.25) is 0 Å². The first-order valence-electron chi connectivity index (χ1n) is 5.88. The van der Waals surface area contributed by atoms with Gasteiger partial charge in [-0.15, -0.1) is 0 Å². The van der Waals surface area contributed by atoms with E-state index in [0.29, 0.717) is 17.8 Å². The molecule has 0 bridgehead atoms. The van der Waals surface area contributed by atoms with E-state index >= 15 is 0 Å². The van der Waals surface area contributed by atoms with E-state index in [0.717, 1.165) is 5.56 Å². The zero-order valence-corrected chi connectivity index (χ0v) is 10.5. The van der Waals surface area contributed by atoms with Crippen molar-refractivity contribution in [2.75, 3.05) is 0 Å². The number of carboxylic acid groups (broad SMARTS) is 1. The molecule has 0 unspecified atom stereocenters. The normalized spacial score (nSPS) is 10.4. The number of aliphatic carboxylic acids is 1. The Morgan fingerprint density at radius 1 is 1.32 bits per heavy atom. The molecule has 0 aliphatic carbocycles. The fraction of sp³-hybridized carbons (Fsp3) is 0.214. The lowest BCUT2D eigenvalue weighted by atomic mass is 10.0. The first-order valence-corrected chi connectivity index (χ1v) is 5.88. The Labute approximate surface area is 110 Å². The summed E-state index contributed by atoms with van der Waals surface area (Å²) in [6, 6.07) is 8.66. The van der Waals surface area contributed by atoms with Gasteiger partial charge in [0.25, 0.3) is 5.56 Å². The number of aromatic nitrogens is 2. The molecule has 2 aromatic rings. The Kier molecular flexibility index (Phi) is 3.75. The molecule has 1 N–H and O–H groups in total. The molecule has 98 valence electrons. The van der Waals surface area contributed by atoms with E-state index in [1.165, 1.54) is 17.0 Å². The van der Waals surface area contributed by atoms with Crippen LogP contribution < -0.4 is 5.56 Å². The van der Waals surface area contributed by atoms with Gasteiger partial charge in [0, 0.05) is 11.8 Å². The van der Waals surface area contributed by atoms with Gasteiger partial charge in [0.1, 0.15) is 0 Å². The molecule has 0 saturated carbocycles. The lowest BCUT2D eigenvalue weighted by molar-refractivity contribution is -0.136. The summed E-state index contributed by atoms with van der Waals surface area (Å²) in [7, 11) is 0. The van der Waals surface area contributed by atoms with Crippen LogP contribution in [0.15, 0.2) is 41.5 Å². The molecule has 0 aliphatic rings. The van der Waals surface area contributed by atoms with Gasteiger partial charge in [-0.2, -0.15) is 0 Å². The molecule has 0 atom stereocenters. The predicted octanol–water partition coefficient (Wildman–Crippen LogP) is 1.23. The number of nitrogens with zero attached hydrogens (tertiary/aromatic N) is 2. The van der Waals surface area contributed by atoms with Crippen LogP contribution in [0.25, 0.3) is 0 Å². The second-order valence-electron chi connectivity index (χ2n) is 4.34. The number of rotatable bonds is 4. The van der Waals surface area contributed by atoms with Gasteiger partial charge in [-0.3, -0.25) is 14.2 Å². The van der Waals surface area contributed by atoms with Crippen LogP contribution in [0.1, 0.15) is 16.8 Å². The van der Waals surface area contributed by atoms with Crippen molar-refractivity contribution in [3.63, 3.8) is 0 Å². The fourth-order valence-electron chi connectivity index (χ4n) is 1.87. The minimum absolute atomic E-state index is 0.0514. The Morgan fingerprint density at radius 3 is 2.63 bits per heavy atom. The molecular weight excluding hydrogens is 244 g/mol. The van der Waals surface area contributed by atoms with E-state index in [9.17, 15) is 9.59 Å². The van der Waals surface area contributed by atoms with Crippen molar-refractivity contribution < 1.29 is 9.90 Å². The van der Waals surface area contributed by atoms with Crippen molar-refractivity contribution >= 4 is 5.97 Å². The quantitative estimate of drug-likeness (QED) is 0.895. The molecule has 0 radical (unpaired) electrons. The summed E-state index contributed by atoms with van der Waals surface area (Å²) in [5.41, 5.74) is 2.05. The van der Waals surface area contributed by atoms with Crippen LogP contribution >= 0.6 is 0 Å². The van der Waals surface area contributed by atoms with Gasteiger partial charge in [0.15, 0.2) is 0 Å². The van der Waals surface area contributed by atoms with Crippen LogP contribution in [-0.4, -0.2) is 20.6 Å². The first-order chi connectivity index (χ1) is 9.06. The van der Waals surface area contributed by atoms with E-state index in [1.807, 2.05) is 12.1 Å². The van der Waals surface area contributed by atoms with Crippen molar-refractivity contribution in [3.05, 3.63) is 63.8 Å². The summed E-state index contributed by atoms with van der Waals surface area (Å²) in [6.45, 7) is 2.08. The van der Waals surface area contributed by atoms with Crippen LogP contribution in [0, 0.1) is 6.92 Å². The number of hydrogen-bond acceptors (Lipinski definition) is 3. The third-order valence-electron chi connectivity index (χ3n) is 2.82. The SMILES string of the molecule is Cc1cc(=O)n(Cc2ccccc2CC(=O)O)cn1. The maximum Gasteiger partial charge on any atom is 0.307 e. The van der Waals surface area contributed by atoms with Crippen molar-refractivity contribution in [1.29, 1.82) is 0 Å². The summed E-state index contributed by atoms with van der Waals surface area (Å²) >= 11 is 0. The third kappa shape index (κ3) is 3.28. The number of aryl methyl sites for hydroxylation is 1. The fourth-order valence-corrected chi connectivity index (χ4v) is 1.87. The van der Waals surface area contributed by atoms with Gasteiger partial charge in [-0.1, -0.05) is 24.3 Å². The zero-order chi connectivity index (χ0) is 13.8. The molecular formula is C14H14N2O3. The molecule has 0 aliphatic heterocycles. The number of carboxylic acids is 1. The van der Waals surface area contributed by atoms with Gasteiger partial charge < -0.3 is 5.11 Å². The van der Waals surface area contributed by atoms with Crippen molar-refractivity contribution in [3.8, 4) is 0 Å². The van der Waals surface area contributed by atoms with Crippen LogP contribution in [0.5, 0.6) is 0 Å². The topological polar surface area (TPSA) is 72.2 Å². The molecule has 5 heteroatoms. The molecule has 2 rings (SSSR count). The molecule has 0 spiro atoms. The van der Waals surface area contributed by atoms with E-state index < -0.39 is 5.97 Å². The predicted molar refractivity (Wildman–Crippen MR) is 70.1 cm³/mol. The average molecular weight is 258 g/mol. The smallest absolute Gasteiger partial charge is 0.307 e. The highest BCUT2D eigenvalue weighted by Gasteiger charge is 2.07. The largest absolute Gasteiger partial charge is 0.481 e. The highest BCUT2D eigenvalue weighted by atomic mass is 16.4. The standard InChI is InChI=1S/C14H14N2O3/c1-10-6-13(17)16(9-15-10)8-12-5-3-2-4-11(12)7-14(18)19/h2-6,9H,7-8H2,1H3,(H,18,19). The van der Waals surface area contributed by atoms with Gasteiger partial charge >= 0.3 is 5.97 Å². The van der Waals surface area contributed by atoms with E-state index in [1.54, 1.807) is 19.1 Å². The average Bonchev–Trinajstić information content (AvgIpc) is 2.34. The number of benzene rings is 1. The Balaban J connectivity index is 2.33. The summed E-state index contributed by atoms with van der Waals surface area (Å²) in [5, 5.41) is 8.87. The van der Waals surface area contributed by atoms with E-state index in [2.05, 4.69) is 4.98 Å². The monoisotopic (exact) mass is 258 g/mol. The van der Waals surface area contributed by atoms with E-state index in [4.69, 9.17) is 5.11 Å². The Bertz CT molecular complexity index is 662. The molecule has 19 heavy (non-hydrogen) atoms. The van der Waals surface area contributed by atoms with Crippen molar-refractivity contribution in [2.45, 2.75) is 19.9 Å². The Morgan fingerprint density at radius 2 is 2.00 bits per heavy atom. The maximum absolute atomic E-state index is 11.8. The van der Waals surface area contributed by atoms with Crippen LogP contribution in [-0.2, 0) is 17.8 Å². The summed E-state index contributed by atoms with van der Waals surface area (Å²) in [4.78, 5) is 26.7. The van der Waals surface area contributed by atoms with Gasteiger partial charge in [0.2, 0.25) is 0 Å². The van der Waals surface area contributed by atoms with Crippen LogP contribution in [0.3, 0.4) is 0 Å². The lowest BCUT2D eigenvalue weighted by Crippen LogP contribution is -2.21. The molecule has 1 aromatic carbocycles. The zero-order valence-electron chi connectivity index (χ0n) is 10.5. The van der Waals surface area contributed by atoms with Crippen LogP contribution in [0.4, 0.5) is 0 Å². The summed E-state index contributed by atoms with van der Waals surface area (Å²) < 4.78 is 1.47. The van der Waals surface area contributed by atoms with E-state index in [-0.39, 0.29) is 12.0 Å². The second-order valence-corrected chi connectivity index (χ2v) is 4.34. The highest BCUT2D eigenvalue weighted by molar-refractivity contribution is 5.70. The molecule has 0 fully saturated rings. The highest BCUT2D eigenvalue weighted by Crippen LogP contribution is 2.10. The van der Waals surface area contributed by atoms with Gasteiger partial charge in [-0.05, 0) is 18.1 Å². The van der Waals surface area contributed by atoms with Gasteiger partial charge in [-0.25, -0.2) is 4.98 Å². The second kappa shape index (κ2) is 5.48. The summed E-state index contributed by atoms with van der Waals surface area (Å²) in [6.07, 6.45) is 1.43. The lowest BCUT2D eigenvalue weighted by Gasteiger charge is -2.09.